The molecule has 6 nitrogen and oxygen atoms in total. The van der Waals surface area contributed by atoms with Crippen molar-refractivity contribution in [3.8, 4) is 0 Å². The fraction of sp³-hybridized carbons (Fsp3) is 0.868. The fourth-order valence-electron chi connectivity index (χ4n) is 11.4. The van der Waals surface area contributed by atoms with Crippen molar-refractivity contribution in [3.63, 3.8) is 0 Å². The van der Waals surface area contributed by atoms with Gasteiger partial charge in [-0.25, -0.2) is 0 Å². The number of allylic oxidation sites excluding steroid dienone is 7. The van der Waals surface area contributed by atoms with E-state index in [0.29, 0.717) is 19.4 Å². The maximum atomic E-state index is 12.5. The topological polar surface area (TPSA) is 95.9 Å². The number of carbonyl (C=O) groups excluding carboxylic acids is 2. The molecule has 0 rings (SSSR count). The van der Waals surface area contributed by atoms with Gasteiger partial charge in [-0.3, -0.25) is 9.59 Å². The maximum Gasteiger partial charge on any atom is 0.305 e. The molecule has 0 aromatic carbocycles. The lowest BCUT2D eigenvalue weighted by Gasteiger charge is -2.20. The van der Waals surface area contributed by atoms with Gasteiger partial charge in [-0.05, 0) is 83.5 Å². The van der Waals surface area contributed by atoms with Crippen LogP contribution in [0.1, 0.15) is 399 Å². The summed E-state index contributed by atoms with van der Waals surface area (Å²) in [5.74, 6) is -0.0596. The molecule has 0 aromatic heterocycles. The zero-order valence-corrected chi connectivity index (χ0v) is 55.2. The third kappa shape index (κ3) is 67.0. The van der Waals surface area contributed by atoms with E-state index >= 15 is 0 Å². The van der Waals surface area contributed by atoms with Gasteiger partial charge in [0.2, 0.25) is 5.91 Å². The quantitative estimate of drug-likeness (QED) is 0.0320. The zero-order chi connectivity index (χ0) is 59.2. The first-order valence-electron chi connectivity index (χ1n) is 36.9. The van der Waals surface area contributed by atoms with E-state index in [1.807, 2.05) is 6.08 Å². The number of unbranched alkanes of at least 4 members (excludes halogenated alkanes) is 52. The molecule has 0 aliphatic heterocycles. The lowest BCUT2D eigenvalue weighted by Crippen LogP contribution is -2.45. The molecule has 3 N–H and O–H groups in total. The average Bonchev–Trinajstić information content (AvgIpc) is 3.48. The monoisotopic (exact) mass is 1150 g/mol. The van der Waals surface area contributed by atoms with E-state index in [0.717, 1.165) is 51.4 Å². The molecule has 0 saturated heterocycles. The van der Waals surface area contributed by atoms with Crippen molar-refractivity contribution >= 4 is 11.9 Å². The van der Waals surface area contributed by atoms with E-state index in [1.54, 1.807) is 6.08 Å². The molecule has 0 radical (unpaired) electrons. The first-order chi connectivity index (χ1) is 40.5. The molecule has 482 valence electrons. The fourth-order valence-corrected chi connectivity index (χ4v) is 11.4. The van der Waals surface area contributed by atoms with Crippen LogP contribution in [0.4, 0.5) is 0 Å². The minimum absolute atomic E-state index is 0.00289. The first kappa shape index (κ1) is 79.8. The summed E-state index contributed by atoms with van der Waals surface area (Å²) in [5.41, 5.74) is 0. The minimum atomic E-state index is -0.844. The second-order valence-electron chi connectivity index (χ2n) is 25.3. The number of amides is 1. The Morgan fingerprint density at radius 3 is 0.976 bits per heavy atom. The Morgan fingerprint density at radius 1 is 0.341 bits per heavy atom. The molecule has 0 saturated carbocycles. The number of esters is 1. The van der Waals surface area contributed by atoms with Gasteiger partial charge in [-0.15, -0.1) is 0 Å². The van der Waals surface area contributed by atoms with E-state index in [1.165, 1.54) is 321 Å². The van der Waals surface area contributed by atoms with Gasteiger partial charge < -0.3 is 20.3 Å². The van der Waals surface area contributed by atoms with Crippen LogP contribution in [0.5, 0.6) is 0 Å². The van der Waals surface area contributed by atoms with Crippen LogP contribution in [0.25, 0.3) is 0 Å². The van der Waals surface area contributed by atoms with Gasteiger partial charge in [-0.1, -0.05) is 351 Å². The van der Waals surface area contributed by atoms with Crippen LogP contribution < -0.4 is 5.32 Å². The van der Waals surface area contributed by atoms with Gasteiger partial charge in [0, 0.05) is 12.8 Å². The molecular weight excluding hydrogens is 1010 g/mol. The second-order valence-corrected chi connectivity index (χ2v) is 25.3. The van der Waals surface area contributed by atoms with Gasteiger partial charge in [0.25, 0.3) is 0 Å². The average molecular weight is 1150 g/mol. The Bertz CT molecular complexity index is 1370. The van der Waals surface area contributed by atoms with Crippen molar-refractivity contribution in [2.75, 3.05) is 13.2 Å². The number of hydrogen-bond acceptors (Lipinski definition) is 5. The molecule has 0 fully saturated rings. The van der Waals surface area contributed by atoms with Crippen LogP contribution in [0, 0.1) is 0 Å². The highest BCUT2D eigenvalue weighted by atomic mass is 16.5. The van der Waals surface area contributed by atoms with Gasteiger partial charge in [0.1, 0.15) is 0 Å². The number of aliphatic hydroxyl groups is 2. The molecule has 0 bridgehead atoms. The normalized spacial score (nSPS) is 12.8. The van der Waals surface area contributed by atoms with E-state index in [9.17, 15) is 19.8 Å². The molecule has 0 heterocycles. The highest BCUT2D eigenvalue weighted by molar-refractivity contribution is 5.76. The van der Waals surface area contributed by atoms with E-state index in [-0.39, 0.29) is 18.5 Å². The largest absolute Gasteiger partial charge is 0.466 e. The smallest absolute Gasteiger partial charge is 0.305 e. The summed E-state index contributed by atoms with van der Waals surface area (Å²) in [6.45, 7) is 4.89. The molecule has 82 heavy (non-hydrogen) atoms. The Balaban J connectivity index is 3.39. The number of hydrogen-bond donors (Lipinski definition) is 3. The van der Waals surface area contributed by atoms with Crippen LogP contribution in [-0.2, 0) is 14.3 Å². The van der Waals surface area contributed by atoms with Gasteiger partial charge >= 0.3 is 5.97 Å². The molecule has 0 aromatic rings. The molecule has 1 amide bonds. The molecule has 2 unspecified atom stereocenters. The van der Waals surface area contributed by atoms with Crippen LogP contribution >= 0.6 is 0 Å². The minimum Gasteiger partial charge on any atom is -0.466 e. The highest BCUT2D eigenvalue weighted by Gasteiger charge is 2.18. The summed E-state index contributed by atoms with van der Waals surface area (Å²) < 4.78 is 5.48. The number of ether oxygens (including phenoxy) is 1. The molecule has 0 spiro atoms. The molecule has 6 heteroatoms. The second kappa shape index (κ2) is 71.3. The lowest BCUT2D eigenvalue weighted by molar-refractivity contribution is -0.143. The molecule has 2 atom stereocenters. The Labute approximate surface area is 512 Å². The zero-order valence-electron chi connectivity index (χ0n) is 55.2. The standard InChI is InChI=1S/C76H143NO5/c1-3-5-7-9-11-13-15-17-19-20-21-35-38-41-44-48-52-56-60-64-68-74(79)73(72-78)77-75(80)69-65-61-57-53-49-45-42-39-36-33-31-29-27-25-23-22-24-26-28-30-32-34-37-40-43-47-51-55-59-63-67-71-82-76(81)70-66-62-58-54-50-46-18-16-14-12-10-8-6-4-2/h10,12,16,18,24,26,64,68,73-74,78-79H,3-9,11,13-15,17,19-23,25,27-63,65-67,69-72H2,1-2H3,(H,77,80)/b12-10-,18-16-,26-24-,68-64+. The molecule has 0 aliphatic rings. The van der Waals surface area contributed by atoms with E-state index in [4.69, 9.17) is 4.74 Å². The van der Waals surface area contributed by atoms with Crippen molar-refractivity contribution in [2.24, 2.45) is 0 Å². The number of aliphatic hydroxyl groups excluding tert-OH is 2. The SMILES string of the molecule is CCCC/C=C\C/C=C\CCCCCCCC(=O)OCCCCCCCCCCCCCC/C=C\CCCCCCCCCCCCCCCCCC(=O)NC(CO)C(O)/C=C/CCCCCCCCCCCCCCCCCCCC. The maximum absolute atomic E-state index is 12.5. The Kier molecular flexibility index (Phi) is 69.4. The van der Waals surface area contributed by atoms with Crippen molar-refractivity contribution in [1.29, 1.82) is 0 Å². The van der Waals surface area contributed by atoms with Crippen molar-refractivity contribution in [2.45, 2.75) is 411 Å². The summed E-state index contributed by atoms with van der Waals surface area (Å²) in [6.07, 6.45) is 93.5. The van der Waals surface area contributed by atoms with Gasteiger partial charge in [0.15, 0.2) is 0 Å². The van der Waals surface area contributed by atoms with Crippen molar-refractivity contribution < 1.29 is 24.5 Å². The number of nitrogens with one attached hydrogen (secondary N) is 1. The predicted octanol–water partition coefficient (Wildman–Crippen LogP) is 24.0. The molecule has 0 aliphatic carbocycles. The van der Waals surface area contributed by atoms with Crippen LogP contribution in [0.2, 0.25) is 0 Å². The third-order valence-corrected chi connectivity index (χ3v) is 17.1. The van der Waals surface area contributed by atoms with Crippen LogP contribution in [-0.4, -0.2) is 47.4 Å². The number of rotatable bonds is 69. The third-order valence-electron chi connectivity index (χ3n) is 17.1. The number of carbonyl (C=O) groups is 2. The van der Waals surface area contributed by atoms with E-state index in [2.05, 4.69) is 55.6 Å². The van der Waals surface area contributed by atoms with Crippen LogP contribution in [0.3, 0.4) is 0 Å². The summed E-state index contributed by atoms with van der Waals surface area (Å²) in [4.78, 5) is 24.6. The summed E-state index contributed by atoms with van der Waals surface area (Å²) in [5, 5.41) is 23.3. The summed E-state index contributed by atoms with van der Waals surface area (Å²) >= 11 is 0. The summed E-state index contributed by atoms with van der Waals surface area (Å²) in [6, 6.07) is -0.628. The Hall–Kier alpha value is -2.18. The molecular formula is C76H143NO5. The lowest BCUT2D eigenvalue weighted by atomic mass is 10.0. The van der Waals surface area contributed by atoms with Crippen molar-refractivity contribution in [3.05, 3.63) is 48.6 Å². The van der Waals surface area contributed by atoms with E-state index < -0.39 is 12.1 Å². The predicted molar refractivity (Wildman–Crippen MR) is 361 cm³/mol. The summed E-state index contributed by atoms with van der Waals surface area (Å²) in [7, 11) is 0. The van der Waals surface area contributed by atoms with Gasteiger partial charge in [0.05, 0.1) is 25.4 Å². The van der Waals surface area contributed by atoms with Crippen LogP contribution in [0.15, 0.2) is 48.6 Å². The highest BCUT2D eigenvalue weighted by Crippen LogP contribution is 2.19. The Morgan fingerprint density at radius 2 is 0.622 bits per heavy atom. The van der Waals surface area contributed by atoms with Crippen molar-refractivity contribution in [1.82, 2.24) is 5.32 Å². The van der Waals surface area contributed by atoms with Gasteiger partial charge in [-0.2, -0.15) is 0 Å². The first-order valence-corrected chi connectivity index (χ1v) is 36.9.